The SMILES string of the molecule is CCCC(N)C(=O)Nc1ccc(N(C)C)cn1.Cl. The molecule has 1 aromatic heterocycles. The van der Waals surface area contributed by atoms with Crippen LogP contribution in [0.4, 0.5) is 11.5 Å². The van der Waals surface area contributed by atoms with Gasteiger partial charge in [0, 0.05) is 14.1 Å². The Labute approximate surface area is 114 Å². The number of halogens is 1. The number of carbonyl (C=O) groups excluding carboxylic acids is 1. The first-order valence-electron chi connectivity index (χ1n) is 5.74. The fourth-order valence-electron chi connectivity index (χ4n) is 1.39. The zero-order valence-corrected chi connectivity index (χ0v) is 11.8. The Kier molecular flexibility index (Phi) is 7.31. The first-order valence-corrected chi connectivity index (χ1v) is 5.74. The van der Waals surface area contributed by atoms with Crippen LogP contribution in [0.1, 0.15) is 19.8 Å². The van der Waals surface area contributed by atoms with Gasteiger partial charge >= 0.3 is 0 Å². The summed E-state index contributed by atoms with van der Waals surface area (Å²) in [7, 11) is 3.87. The highest BCUT2D eigenvalue weighted by atomic mass is 35.5. The monoisotopic (exact) mass is 272 g/mol. The lowest BCUT2D eigenvalue weighted by molar-refractivity contribution is -0.117. The van der Waals surface area contributed by atoms with Crippen LogP contribution in [0.5, 0.6) is 0 Å². The molecule has 0 aromatic carbocycles. The maximum Gasteiger partial charge on any atom is 0.242 e. The van der Waals surface area contributed by atoms with Gasteiger partial charge in [0.25, 0.3) is 0 Å². The van der Waals surface area contributed by atoms with Gasteiger partial charge in [-0.3, -0.25) is 4.79 Å². The molecule has 0 aliphatic heterocycles. The van der Waals surface area contributed by atoms with E-state index in [2.05, 4.69) is 10.3 Å². The molecule has 1 amide bonds. The topological polar surface area (TPSA) is 71.2 Å². The van der Waals surface area contributed by atoms with Crippen LogP contribution in [-0.2, 0) is 4.79 Å². The Bertz CT molecular complexity index is 367. The average molecular weight is 273 g/mol. The quantitative estimate of drug-likeness (QED) is 0.855. The van der Waals surface area contributed by atoms with Crippen molar-refractivity contribution in [2.24, 2.45) is 5.73 Å². The van der Waals surface area contributed by atoms with E-state index in [4.69, 9.17) is 5.73 Å². The van der Waals surface area contributed by atoms with Gasteiger partial charge in [-0.05, 0) is 18.6 Å². The number of carbonyl (C=O) groups is 1. The zero-order chi connectivity index (χ0) is 12.8. The number of hydrogen-bond acceptors (Lipinski definition) is 4. The largest absolute Gasteiger partial charge is 0.376 e. The summed E-state index contributed by atoms with van der Waals surface area (Å²) in [6.45, 7) is 2.00. The number of amides is 1. The van der Waals surface area contributed by atoms with E-state index in [0.29, 0.717) is 12.2 Å². The molecular formula is C12H21ClN4O. The normalized spacial score (nSPS) is 11.3. The Morgan fingerprint density at radius 2 is 2.17 bits per heavy atom. The molecule has 1 aromatic rings. The van der Waals surface area contributed by atoms with Crippen molar-refractivity contribution in [3.05, 3.63) is 18.3 Å². The summed E-state index contributed by atoms with van der Waals surface area (Å²) >= 11 is 0. The van der Waals surface area contributed by atoms with E-state index < -0.39 is 6.04 Å². The lowest BCUT2D eigenvalue weighted by Crippen LogP contribution is -2.35. The lowest BCUT2D eigenvalue weighted by Gasteiger charge is -2.13. The molecule has 1 rings (SSSR count). The molecular weight excluding hydrogens is 252 g/mol. The molecule has 18 heavy (non-hydrogen) atoms. The predicted octanol–water partition coefficient (Wildman–Crippen LogP) is 1.64. The molecule has 6 heteroatoms. The smallest absolute Gasteiger partial charge is 0.242 e. The van der Waals surface area contributed by atoms with Crippen molar-refractivity contribution >= 4 is 29.8 Å². The van der Waals surface area contributed by atoms with Crippen molar-refractivity contribution in [1.82, 2.24) is 4.98 Å². The molecule has 0 aliphatic rings. The van der Waals surface area contributed by atoms with Crippen LogP contribution in [0.15, 0.2) is 18.3 Å². The van der Waals surface area contributed by atoms with Gasteiger partial charge in [-0.1, -0.05) is 13.3 Å². The van der Waals surface area contributed by atoms with Crippen LogP contribution in [0.2, 0.25) is 0 Å². The molecule has 0 bridgehead atoms. The van der Waals surface area contributed by atoms with Gasteiger partial charge in [-0.2, -0.15) is 0 Å². The van der Waals surface area contributed by atoms with Crippen molar-refractivity contribution in [2.75, 3.05) is 24.3 Å². The Morgan fingerprint density at radius 1 is 1.50 bits per heavy atom. The van der Waals surface area contributed by atoms with Crippen molar-refractivity contribution < 1.29 is 4.79 Å². The van der Waals surface area contributed by atoms with Crippen LogP contribution in [0, 0.1) is 0 Å². The van der Waals surface area contributed by atoms with Gasteiger partial charge in [0.2, 0.25) is 5.91 Å². The molecule has 1 heterocycles. The van der Waals surface area contributed by atoms with Crippen molar-refractivity contribution in [3.8, 4) is 0 Å². The minimum absolute atomic E-state index is 0. The van der Waals surface area contributed by atoms with E-state index in [1.54, 1.807) is 12.3 Å². The van der Waals surface area contributed by atoms with Crippen molar-refractivity contribution in [3.63, 3.8) is 0 Å². The number of nitrogens with two attached hydrogens (primary N) is 1. The third-order valence-corrected chi connectivity index (χ3v) is 2.45. The van der Waals surface area contributed by atoms with Gasteiger partial charge < -0.3 is 16.0 Å². The number of rotatable bonds is 5. The zero-order valence-electron chi connectivity index (χ0n) is 11.0. The first kappa shape index (κ1) is 16.7. The number of nitrogens with zero attached hydrogens (tertiary/aromatic N) is 2. The molecule has 0 radical (unpaired) electrons. The molecule has 0 aliphatic carbocycles. The standard InChI is InChI=1S/C12H20N4O.ClH/c1-4-5-10(13)12(17)15-11-7-6-9(8-14-11)16(2)3;/h6-8,10H,4-5,13H2,1-3H3,(H,14,15,17);1H. The van der Waals surface area contributed by atoms with Crippen molar-refractivity contribution in [1.29, 1.82) is 0 Å². The highest BCUT2D eigenvalue weighted by Gasteiger charge is 2.12. The van der Waals surface area contributed by atoms with Crippen LogP contribution in [0.25, 0.3) is 0 Å². The van der Waals surface area contributed by atoms with Gasteiger partial charge in [-0.15, -0.1) is 12.4 Å². The average Bonchev–Trinajstić information content (AvgIpc) is 2.30. The van der Waals surface area contributed by atoms with Crippen LogP contribution in [-0.4, -0.2) is 31.0 Å². The minimum atomic E-state index is -0.463. The molecule has 0 fully saturated rings. The summed E-state index contributed by atoms with van der Waals surface area (Å²) in [6.07, 6.45) is 3.28. The molecule has 1 atom stereocenters. The second-order valence-electron chi connectivity index (χ2n) is 4.18. The Balaban J connectivity index is 0.00000289. The van der Waals surface area contributed by atoms with Crippen LogP contribution < -0.4 is 16.0 Å². The maximum atomic E-state index is 11.6. The summed E-state index contributed by atoms with van der Waals surface area (Å²) in [4.78, 5) is 17.7. The summed E-state index contributed by atoms with van der Waals surface area (Å²) in [6, 6.07) is 3.20. The van der Waals surface area contributed by atoms with E-state index in [0.717, 1.165) is 12.1 Å². The first-order chi connectivity index (χ1) is 8.04. The second-order valence-corrected chi connectivity index (χ2v) is 4.18. The number of aromatic nitrogens is 1. The highest BCUT2D eigenvalue weighted by Crippen LogP contribution is 2.12. The van der Waals surface area contributed by atoms with Crippen molar-refractivity contribution in [2.45, 2.75) is 25.8 Å². The number of anilines is 2. The Morgan fingerprint density at radius 3 is 2.61 bits per heavy atom. The molecule has 0 spiro atoms. The third-order valence-electron chi connectivity index (χ3n) is 2.45. The van der Waals surface area contributed by atoms with E-state index in [1.165, 1.54) is 0 Å². The van der Waals surface area contributed by atoms with Crippen LogP contribution in [0.3, 0.4) is 0 Å². The van der Waals surface area contributed by atoms with Gasteiger partial charge in [0.1, 0.15) is 5.82 Å². The molecule has 1 unspecified atom stereocenters. The number of pyridine rings is 1. The van der Waals surface area contributed by atoms with E-state index in [1.807, 2.05) is 32.0 Å². The lowest BCUT2D eigenvalue weighted by atomic mass is 10.2. The van der Waals surface area contributed by atoms with Gasteiger partial charge in [0.15, 0.2) is 0 Å². The highest BCUT2D eigenvalue weighted by molar-refractivity contribution is 5.93. The predicted molar refractivity (Wildman–Crippen MR) is 77.3 cm³/mol. The van der Waals surface area contributed by atoms with E-state index >= 15 is 0 Å². The third kappa shape index (κ3) is 4.89. The summed E-state index contributed by atoms with van der Waals surface area (Å²) < 4.78 is 0. The Hall–Kier alpha value is -1.33. The van der Waals surface area contributed by atoms with E-state index in [9.17, 15) is 4.79 Å². The van der Waals surface area contributed by atoms with Crippen LogP contribution >= 0.6 is 12.4 Å². The van der Waals surface area contributed by atoms with Gasteiger partial charge in [0.05, 0.1) is 17.9 Å². The fraction of sp³-hybridized carbons (Fsp3) is 0.500. The second kappa shape index (κ2) is 7.89. The summed E-state index contributed by atoms with van der Waals surface area (Å²) in [5, 5.41) is 2.70. The number of hydrogen-bond donors (Lipinski definition) is 2. The molecule has 5 nitrogen and oxygen atoms in total. The molecule has 0 saturated heterocycles. The molecule has 3 N–H and O–H groups in total. The number of nitrogens with one attached hydrogen (secondary N) is 1. The molecule has 0 saturated carbocycles. The summed E-state index contributed by atoms with van der Waals surface area (Å²) in [5.41, 5.74) is 6.69. The summed E-state index contributed by atoms with van der Waals surface area (Å²) in [5.74, 6) is 0.351. The minimum Gasteiger partial charge on any atom is -0.376 e. The molecule has 102 valence electrons. The van der Waals surface area contributed by atoms with Gasteiger partial charge in [-0.25, -0.2) is 4.98 Å². The maximum absolute atomic E-state index is 11.6. The van der Waals surface area contributed by atoms with E-state index in [-0.39, 0.29) is 18.3 Å². The fourth-order valence-corrected chi connectivity index (χ4v) is 1.39.